The first-order valence-corrected chi connectivity index (χ1v) is 11.1. The lowest BCUT2D eigenvalue weighted by Gasteiger charge is -2.11. The van der Waals surface area contributed by atoms with Crippen LogP contribution in [0, 0.1) is 0 Å². The van der Waals surface area contributed by atoms with E-state index < -0.39 is 0 Å². The van der Waals surface area contributed by atoms with E-state index in [1.807, 2.05) is 66.7 Å². The fourth-order valence-corrected chi connectivity index (χ4v) is 3.11. The zero-order chi connectivity index (χ0) is 23.3. The predicted molar refractivity (Wildman–Crippen MR) is 130 cm³/mol. The molecule has 0 aromatic heterocycles. The van der Waals surface area contributed by atoms with Crippen LogP contribution in [0.25, 0.3) is 0 Å². The lowest BCUT2D eigenvalue weighted by molar-refractivity contribution is -0.123. The molecule has 1 N–H and O–H groups in total. The Hall–Kier alpha value is -3.80. The fourth-order valence-electron chi connectivity index (χ4n) is 3.11. The molecule has 0 heterocycles. The lowest BCUT2D eigenvalue weighted by atomic mass is 10.1. The number of nitrogens with one attached hydrogen (secondary N) is 1. The van der Waals surface area contributed by atoms with Crippen molar-refractivity contribution in [2.45, 2.75) is 32.8 Å². The molecule has 6 nitrogen and oxygen atoms in total. The first-order chi connectivity index (χ1) is 16.2. The Kier molecular flexibility index (Phi) is 9.33. The van der Waals surface area contributed by atoms with Crippen molar-refractivity contribution in [3.63, 3.8) is 0 Å². The van der Waals surface area contributed by atoms with Gasteiger partial charge < -0.3 is 14.2 Å². The van der Waals surface area contributed by atoms with Gasteiger partial charge in [-0.05, 0) is 59.9 Å². The quantitative estimate of drug-likeness (QED) is 0.309. The summed E-state index contributed by atoms with van der Waals surface area (Å²) in [6.45, 7) is 2.51. The zero-order valence-corrected chi connectivity index (χ0v) is 19.1. The van der Waals surface area contributed by atoms with Crippen molar-refractivity contribution < 1.29 is 19.0 Å². The molecule has 3 rings (SSSR count). The highest BCUT2D eigenvalue weighted by Gasteiger charge is 2.06. The second-order valence-electron chi connectivity index (χ2n) is 7.51. The highest BCUT2D eigenvalue weighted by atomic mass is 16.5. The Morgan fingerprint density at radius 1 is 0.939 bits per heavy atom. The molecule has 0 unspecified atom stereocenters. The van der Waals surface area contributed by atoms with E-state index in [1.54, 1.807) is 19.4 Å². The number of methoxy groups -OCH3 is 1. The van der Waals surface area contributed by atoms with Gasteiger partial charge in [-0.2, -0.15) is 5.10 Å². The number of nitrogens with zero attached hydrogens (tertiary/aromatic N) is 1. The first kappa shape index (κ1) is 23.9. The molecule has 3 aromatic carbocycles. The highest BCUT2D eigenvalue weighted by molar-refractivity contribution is 5.83. The molecule has 0 fully saturated rings. The van der Waals surface area contributed by atoms with Crippen LogP contribution in [-0.4, -0.2) is 25.8 Å². The lowest BCUT2D eigenvalue weighted by Crippen LogP contribution is -2.24. The summed E-state index contributed by atoms with van der Waals surface area (Å²) in [5.74, 6) is 1.55. The van der Waals surface area contributed by atoms with Crippen LogP contribution in [0.15, 0.2) is 77.9 Å². The molecule has 0 aliphatic rings. The van der Waals surface area contributed by atoms with Gasteiger partial charge in [-0.1, -0.05) is 55.8 Å². The number of carbonyl (C=O) groups is 1. The van der Waals surface area contributed by atoms with Gasteiger partial charge in [0.15, 0.2) is 18.1 Å². The maximum absolute atomic E-state index is 12.0. The number of rotatable bonds is 12. The van der Waals surface area contributed by atoms with Crippen molar-refractivity contribution in [1.29, 1.82) is 0 Å². The highest BCUT2D eigenvalue weighted by Crippen LogP contribution is 2.28. The van der Waals surface area contributed by atoms with E-state index in [9.17, 15) is 4.79 Å². The van der Waals surface area contributed by atoms with Crippen molar-refractivity contribution in [3.05, 3.63) is 89.5 Å². The molecule has 6 heteroatoms. The van der Waals surface area contributed by atoms with Crippen LogP contribution in [0.1, 0.15) is 36.5 Å². The normalized spacial score (nSPS) is 10.7. The molecule has 0 bridgehead atoms. The van der Waals surface area contributed by atoms with Crippen LogP contribution in [0.2, 0.25) is 0 Å². The summed E-state index contributed by atoms with van der Waals surface area (Å²) in [6.07, 6.45) is 4.93. The summed E-state index contributed by atoms with van der Waals surface area (Å²) in [4.78, 5) is 12.0. The minimum absolute atomic E-state index is 0.110. The van der Waals surface area contributed by atoms with Crippen LogP contribution in [0.4, 0.5) is 0 Å². The maximum atomic E-state index is 12.0. The van der Waals surface area contributed by atoms with Gasteiger partial charge in [0, 0.05) is 0 Å². The van der Waals surface area contributed by atoms with E-state index in [4.69, 9.17) is 14.2 Å². The third-order valence-corrected chi connectivity index (χ3v) is 4.94. The number of hydrogen-bond donors (Lipinski definition) is 1. The minimum Gasteiger partial charge on any atom is -0.493 e. The summed E-state index contributed by atoms with van der Waals surface area (Å²) in [6, 6.07) is 23.2. The van der Waals surface area contributed by atoms with Crippen LogP contribution in [-0.2, 0) is 17.8 Å². The third-order valence-electron chi connectivity index (χ3n) is 4.94. The molecule has 1 amide bonds. The molecule has 172 valence electrons. The molecule has 0 radical (unpaired) electrons. The van der Waals surface area contributed by atoms with Gasteiger partial charge in [-0.3, -0.25) is 4.79 Å². The average molecular weight is 447 g/mol. The number of carbonyl (C=O) groups excluding carboxylic acids is 1. The van der Waals surface area contributed by atoms with Crippen LogP contribution < -0.4 is 19.6 Å². The third kappa shape index (κ3) is 8.00. The van der Waals surface area contributed by atoms with Gasteiger partial charge in [0.2, 0.25) is 0 Å². The second-order valence-corrected chi connectivity index (χ2v) is 7.51. The van der Waals surface area contributed by atoms with Crippen LogP contribution >= 0.6 is 0 Å². The van der Waals surface area contributed by atoms with E-state index in [0.29, 0.717) is 23.9 Å². The number of unbranched alkanes of at least 4 members (excludes halogenated alkanes) is 1. The molecule has 0 aliphatic heterocycles. The Morgan fingerprint density at radius 3 is 2.45 bits per heavy atom. The van der Waals surface area contributed by atoms with Crippen molar-refractivity contribution in [1.82, 2.24) is 5.43 Å². The van der Waals surface area contributed by atoms with Gasteiger partial charge in [0.1, 0.15) is 12.4 Å². The molecule has 0 spiro atoms. The van der Waals surface area contributed by atoms with Crippen molar-refractivity contribution in [2.24, 2.45) is 5.10 Å². The first-order valence-electron chi connectivity index (χ1n) is 11.1. The molecule has 33 heavy (non-hydrogen) atoms. The molecular formula is C27H30N2O4. The van der Waals surface area contributed by atoms with E-state index in [1.165, 1.54) is 5.56 Å². The fraction of sp³-hybridized carbons (Fsp3) is 0.259. The number of ether oxygens (including phenoxy) is 3. The summed E-state index contributed by atoms with van der Waals surface area (Å²) in [5.41, 5.74) is 5.58. The number of hydrogen-bond acceptors (Lipinski definition) is 5. The maximum Gasteiger partial charge on any atom is 0.277 e. The topological polar surface area (TPSA) is 69.2 Å². The largest absolute Gasteiger partial charge is 0.493 e. The Bertz CT molecular complexity index is 1030. The Morgan fingerprint density at radius 2 is 1.73 bits per heavy atom. The van der Waals surface area contributed by atoms with Crippen LogP contribution in [0.5, 0.6) is 17.2 Å². The zero-order valence-electron chi connectivity index (χ0n) is 19.1. The number of amides is 1. The summed E-state index contributed by atoms with van der Waals surface area (Å²) < 4.78 is 16.8. The number of aryl methyl sites for hydroxylation is 1. The molecule has 0 aliphatic carbocycles. The van der Waals surface area contributed by atoms with Crippen molar-refractivity contribution in [3.8, 4) is 17.2 Å². The monoisotopic (exact) mass is 446 g/mol. The average Bonchev–Trinajstić information content (AvgIpc) is 2.86. The predicted octanol–water partition coefficient (Wildman–Crippen LogP) is 5.15. The number of hydrazone groups is 1. The molecule has 0 saturated heterocycles. The van der Waals surface area contributed by atoms with Crippen molar-refractivity contribution >= 4 is 12.1 Å². The van der Waals surface area contributed by atoms with Gasteiger partial charge in [0.05, 0.1) is 13.3 Å². The smallest absolute Gasteiger partial charge is 0.277 e. The van der Waals surface area contributed by atoms with Crippen LogP contribution in [0.3, 0.4) is 0 Å². The summed E-state index contributed by atoms with van der Waals surface area (Å²) >= 11 is 0. The van der Waals surface area contributed by atoms with Gasteiger partial charge in [0.25, 0.3) is 5.91 Å². The summed E-state index contributed by atoms with van der Waals surface area (Å²) in [5, 5.41) is 4.00. The van der Waals surface area contributed by atoms with Crippen molar-refractivity contribution in [2.75, 3.05) is 13.7 Å². The summed E-state index contributed by atoms with van der Waals surface area (Å²) in [7, 11) is 1.58. The Labute approximate surface area is 195 Å². The standard InChI is InChI=1S/C27H30N2O4/c1-3-4-8-21-11-14-24(15-12-21)32-20-27(30)29-28-18-23-13-16-25(26(17-23)31-2)33-19-22-9-6-5-7-10-22/h5-7,9-18H,3-4,8,19-20H2,1-2H3,(H,29,30)/b28-18-. The van der Waals surface area contributed by atoms with E-state index in [0.717, 1.165) is 30.4 Å². The SMILES string of the molecule is CCCCc1ccc(OCC(=O)N/N=C\c2ccc(OCc3ccccc3)c(OC)c2)cc1. The van der Waals surface area contributed by atoms with E-state index >= 15 is 0 Å². The van der Waals surface area contributed by atoms with Gasteiger partial charge >= 0.3 is 0 Å². The Balaban J connectivity index is 1.46. The second kappa shape index (κ2) is 12.9. The molecule has 0 saturated carbocycles. The molecule has 3 aromatic rings. The van der Waals surface area contributed by atoms with Gasteiger partial charge in [-0.25, -0.2) is 5.43 Å². The van der Waals surface area contributed by atoms with E-state index in [2.05, 4.69) is 17.5 Å². The van der Waals surface area contributed by atoms with E-state index in [-0.39, 0.29) is 12.5 Å². The minimum atomic E-state index is -0.337. The molecule has 0 atom stereocenters. The van der Waals surface area contributed by atoms with Gasteiger partial charge in [-0.15, -0.1) is 0 Å². The molecular weight excluding hydrogens is 416 g/mol. The number of benzene rings is 3.